The van der Waals surface area contributed by atoms with Crippen LogP contribution in [0.5, 0.6) is 0 Å². The molecule has 0 atom stereocenters. The fraction of sp³-hybridized carbons (Fsp3) is 0.250. The smallest absolute Gasteiger partial charge is 0.433 e. The first-order valence-electron chi connectivity index (χ1n) is 10.2. The SMILES string of the molecule is Cc1nn(C)c(=O)c(-c2c(F)ccc(Cl)c2/C=C/c2ccc(C(F)(F)F)nc2)c1C(C)(C)C(=O)O. The van der Waals surface area contributed by atoms with Crippen LogP contribution >= 0.6 is 11.6 Å². The number of alkyl halides is 3. The van der Waals surface area contributed by atoms with E-state index in [1.807, 2.05) is 0 Å². The molecule has 0 aliphatic heterocycles. The molecule has 2 aromatic heterocycles. The number of aromatic nitrogens is 3. The molecular weight excluding hydrogens is 490 g/mol. The van der Waals surface area contributed by atoms with Gasteiger partial charge in [-0.3, -0.25) is 14.6 Å². The predicted molar refractivity (Wildman–Crippen MR) is 123 cm³/mol. The van der Waals surface area contributed by atoms with Gasteiger partial charge in [0.1, 0.15) is 11.5 Å². The van der Waals surface area contributed by atoms with Gasteiger partial charge >= 0.3 is 12.1 Å². The zero-order valence-corrected chi connectivity index (χ0v) is 19.8. The van der Waals surface area contributed by atoms with Gasteiger partial charge in [0.15, 0.2) is 0 Å². The van der Waals surface area contributed by atoms with Crippen molar-refractivity contribution in [1.29, 1.82) is 0 Å². The molecule has 3 rings (SSSR count). The van der Waals surface area contributed by atoms with Crippen LogP contribution in [0, 0.1) is 12.7 Å². The van der Waals surface area contributed by atoms with Crippen molar-refractivity contribution in [3.05, 3.63) is 79.7 Å². The second-order valence-electron chi connectivity index (χ2n) is 8.32. The molecule has 6 nitrogen and oxygen atoms in total. The first kappa shape index (κ1) is 26.1. The molecule has 0 fully saturated rings. The lowest BCUT2D eigenvalue weighted by atomic mass is 9.79. The van der Waals surface area contributed by atoms with E-state index in [0.717, 1.165) is 23.0 Å². The number of aliphatic carboxylic acids is 1. The summed E-state index contributed by atoms with van der Waals surface area (Å²) >= 11 is 6.34. The molecule has 0 saturated heterocycles. The van der Waals surface area contributed by atoms with Crippen LogP contribution in [0.4, 0.5) is 17.6 Å². The highest BCUT2D eigenvalue weighted by molar-refractivity contribution is 6.32. The van der Waals surface area contributed by atoms with E-state index >= 15 is 4.39 Å². The highest BCUT2D eigenvalue weighted by Gasteiger charge is 2.37. The summed E-state index contributed by atoms with van der Waals surface area (Å²) in [4.78, 5) is 28.6. The number of carboxylic acid groups (broad SMARTS) is 1. The molecule has 35 heavy (non-hydrogen) atoms. The summed E-state index contributed by atoms with van der Waals surface area (Å²) in [6, 6.07) is 4.27. The van der Waals surface area contributed by atoms with E-state index in [2.05, 4.69) is 10.1 Å². The van der Waals surface area contributed by atoms with Crippen molar-refractivity contribution in [1.82, 2.24) is 14.8 Å². The quantitative estimate of drug-likeness (QED) is 0.459. The number of hydrogen-bond donors (Lipinski definition) is 1. The van der Waals surface area contributed by atoms with Crippen LogP contribution in [-0.2, 0) is 23.4 Å². The Bertz CT molecular complexity index is 1400. The van der Waals surface area contributed by atoms with Gasteiger partial charge < -0.3 is 5.11 Å². The minimum atomic E-state index is -4.60. The third-order valence-electron chi connectivity index (χ3n) is 5.49. The second-order valence-corrected chi connectivity index (χ2v) is 8.73. The Kier molecular flexibility index (Phi) is 6.90. The van der Waals surface area contributed by atoms with Crippen molar-refractivity contribution < 1.29 is 27.5 Å². The molecule has 0 bridgehead atoms. The van der Waals surface area contributed by atoms with Crippen LogP contribution in [0.1, 0.15) is 41.9 Å². The summed E-state index contributed by atoms with van der Waals surface area (Å²) in [6.45, 7) is 4.25. The van der Waals surface area contributed by atoms with Crippen LogP contribution in [0.3, 0.4) is 0 Å². The molecule has 0 aliphatic carbocycles. The van der Waals surface area contributed by atoms with Crippen LogP contribution in [0.15, 0.2) is 35.3 Å². The summed E-state index contributed by atoms with van der Waals surface area (Å²) < 4.78 is 54.6. The second kappa shape index (κ2) is 9.26. The van der Waals surface area contributed by atoms with E-state index in [1.54, 1.807) is 0 Å². The Morgan fingerprint density at radius 3 is 2.31 bits per heavy atom. The van der Waals surface area contributed by atoms with E-state index in [0.29, 0.717) is 0 Å². The summed E-state index contributed by atoms with van der Waals surface area (Å²) in [5, 5.41) is 13.9. The number of carbonyl (C=O) groups is 1. The molecule has 11 heteroatoms. The number of pyridine rings is 1. The van der Waals surface area contributed by atoms with Gasteiger partial charge in [0, 0.05) is 35.0 Å². The lowest BCUT2D eigenvalue weighted by Gasteiger charge is -2.26. The molecule has 1 N–H and O–H groups in total. The Labute approximate surface area is 202 Å². The zero-order valence-electron chi connectivity index (χ0n) is 19.0. The molecule has 3 aromatic rings. The average Bonchev–Trinajstić information content (AvgIpc) is 2.76. The standard InChI is InChI=1S/C24H20ClF4N3O3/c1-12-20(23(2,3)22(34)35)19(21(33)32(4)31-12)18-14(15(25)8-9-16(18)26)7-5-13-6-10-17(30-11-13)24(27,28)29/h5-11H,1-4H3,(H,34,35)/b7-5+. The maximum absolute atomic E-state index is 15.3. The van der Waals surface area contributed by atoms with Crippen LogP contribution < -0.4 is 5.56 Å². The van der Waals surface area contributed by atoms with Crippen molar-refractivity contribution in [2.45, 2.75) is 32.4 Å². The van der Waals surface area contributed by atoms with Gasteiger partial charge in [-0.05, 0) is 44.5 Å². The number of aryl methyl sites for hydroxylation is 2. The minimum absolute atomic E-state index is 0.0140. The number of hydrogen-bond acceptors (Lipinski definition) is 4. The molecule has 0 radical (unpaired) electrons. The molecule has 0 spiro atoms. The van der Waals surface area contributed by atoms with Crippen molar-refractivity contribution in [3.8, 4) is 11.1 Å². The Balaban J connectivity index is 2.30. The van der Waals surface area contributed by atoms with E-state index < -0.39 is 34.6 Å². The van der Waals surface area contributed by atoms with Crippen molar-refractivity contribution >= 4 is 29.7 Å². The largest absolute Gasteiger partial charge is 0.481 e. The Hall–Kier alpha value is -3.53. The molecule has 0 saturated carbocycles. The van der Waals surface area contributed by atoms with Gasteiger partial charge in [0.2, 0.25) is 0 Å². The molecule has 184 valence electrons. The number of halogens is 5. The summed E-state index contributed by atoms with van der Waals surface area (Å²) in [6.07, 6.45) is -0.926. The monoisotopic (exact) mass is 509 g/mol. The van der Waals surface area contributed by atoms with Gasteiger partial charge in [-0.2, -0.15) is 18.3 Å². The van der Waals surface area contributed by atoms with Gasteiger partial charge in [0.25, 0.3) is 5.56 Å². The van der Waals surface area contributed by atoms with E-state index in [-0.39, 0.29) is 38.5 Å². The molecule has 1 aromatic carbocycles. The Morgan fingerprint density at radius 1 is 1.11 bits per heavy atom. The highest BCUT2D eigenvalue weighted by atomic mass is 35.5. The maximum atomic E-state index is 15.3. The van der Waals surface area contributed by atoms with E-state index in [4.69, 9.17) is 11.6 Å². The fourth-order valence-corrected chi connectivity index (χ4v) is 3.93. The predicted octanol–water partition coefficient (Wildman–Crippen LogP) is 5.49. The van der Waals surface area contributed by atoms with Crippen molar-refractivity contribution in [2.24, 2.45) is 7.05 Å². The molecule has 0 aliphatic rings. The van der Waals surface area contributed by atoms with Crippen molar-refractivity contribution in [3.63, 3.8) is 0 Å². The van der Waals surface area contributed by atoms with E-state index in [9.17, 15) is 27.9 Å². The highest BCUT2D eigenvalue weighted by Crippen LogP contribution is 2.39. The maximum Gasteiger partial charge on any atom is 0.433 e. The van der Waals surface area contributed by atoms with Gasteiger partial charge in [-0.1, -0.05) is 29.8 Å². The average molecular weight is 510 g/mol. The van der Waals surface area contributed by atoms with Gasteiger partial charge in [-0.15, -0.1) is 0 Å². The van der Waals surface area contributed by atoms with Crippen molar-refractivity contribution in [2.75, 3.05) is 0 Å². The Morgan fingerprint density at radius 2 is 1.77 bits per heavy atom. The third kappa shape index (κ3) is 4.97. The van der Waals surface area contributed by atoms with Gasteiger partial charge in [-0.25, -0.2) is 9.07 Å². The van der Waals surface area contributed by atoms with Crippen LogP contribution in [0.25, 0.3) is 23.3 Å². The number of nitrogens with zero attached hydrogens (tertiary/aromatic N) is 3. The van der Waals surface area contributed by atoms with Crippen LogP contribution in [0.2, 0.25) is 5.02 Å². The zero-order chi connectivity index (χ0) is 26.3. The summed E-state index contributed by atoms with van der Waals surface area (Å²) in [5.41, 5.74) is -3.39. The first-order chi connectivity index (χ1) is 16.2. The number of carboxylic acids is 1. The molecule has 0 unspecified atom stereocenters. The van der Waals surface area contributed by atoms with E-state index in [1.165, 1.54) is 52.1 Å². The summed E-state index contributed by atoms with van der Waals surface area (Å²) in [7, 11) is 1.35. The minimum Gasteiger partial charge on any atom is -0.481 e. The third-order valence-corrected chi connectivity index (χ3v) is 5.82. The molecule has 0 amide bonds. The molecule has 2 heterocycles. The lowest BCUT2D eigenvalue weighted by Crippen LogP contribution is -2.35. The normalized spacial score (nSPS) is 12.4. The fourth-order valence-electron chi connectivity index (χ4n) is 3.71. The number of rotatable bonds is 5. The topological polar surface area (TPSA) is 85.1 Å². The summed E-state index contributed by atoms with van der Waals surface area (Å²) in [5.74, 6) is -2.10. The van der Waals surface area contributed by atoms with Gasteiger partial charge in [0.05, 0.1) is 16.7 Å². The first-order valence-corrected chi connectivity index (χ1v) is 10.6. The number of benzene rings is 1. The molecular formula is C24H20ClF4N3O3. The van der Waals surface area contributed by atoms with Crippen LogP contribution in [-0.4, -0.2) is 25.8 Å². The lowest BCUT2D eigenvalue weighted by molar-refractivity contribution is -0.142.